The lowest BCUT2D eigenvalue weighted by Crippen LogP contribution is -2.45. The standard InChI is InChI=1S/C17H27N3/c1-18-9-12-20-10-7-15(8-11-20)19-17-13-16(17)14-5-3-2-4-6-14/h2-6,15-19H,7-13H2,1H3/t16-,17+/m0/s1. The van der Waals surface area contributed by atoms with Gasteiger partial charge in [0.05, 0.1) is 0 Å². The molecule has 1 aromatic rings. The van der Waals surface area contributed by atoms with E-state index in [4.69, 9.17) is 0 Å². The molecule has 20 heavy (non-hydrogen) atoms. The maximum atomic E-state index is 3.88. The van der Waals surface area contributed by atoms with Crippen LogP contribution in [0.4, 0.5) is 0 Å². The van der Waals surface area contributed by atoms with E-state index < -0.39 is 0 Å². The average molecular weight is 273 g/mol. The van der Waals surface area contributed by atoms with Gasteiger partial charge in [0.25, 0.3) is 0 Å². The van der Waals surface area contributed by atoms with E-state index in [9.17, 15) is 0 Å². The van der Waals surface area contributed by atoms with Crippen molar-refractivity contribution in [1.29, 1.82) is 0 Å². The van der Waals surface area contributed by atoms with Crippen LogP contribution in [-0.2, 0) is 0 Å². The third-order valence-electron chi connectivity index (χ3n) is 4.73. The molecule has 0 bridgehead atoms. The average Bonchev–Trinajstić information content (AvgIpc) is 3.27. The Bertz CT molecular complexity index is 398. The Morgan fingerprint density at radius 1 is 1.15 bits per heavy atom. The van der Waals surface area contributed by atoms with Gasteiger partial charge >= 0.3 is 0 Å². The zero-order valence-electron chi connectivity index (χ0n) is 12.5. The van der Waals surface area contributed by atoms with Crippen LogP contribution in [0, 0.1) is 0 Å². The molecule has 1 heterocycles. The number of piperidine rings is 1. The SMILES string of the molecule is CNCCN1CCC(N[C@@H]2C[C@H]2c2ccccc2)CC1. The number of rotatable bonds is 6. The van der Waals surface area contributed by atoms with Crippen LogP contribution in [0.5, 0.6) is 0 Å². The fourth-order valence-corrected chi connectivity index (χ4v) is 3.34. The lowest BCUT2D eigenvalue weighted by atomic mass is 10.0. The summed E-state index contributed by atoms with van der Waals surface area (Å²) in [6, 6.07) is 12.4. The molecule has 2 N–H and O–H groups in total. The molecule has 2 fully saturated rings. The van der Waals surface area contributed by atoms with Crippen molar-refractivity contribution in [3.8, 4) is 0 Å². The van der Waals surface area contributed by atoms with Crippen LogP contribution in [0.1, 0.15) is 30.7 Å². The van der Waals surface area contributed by atoms with Crippen LogP contribution < -0.4 is 10.6 Å². The van der Waals surface area contributed by atoms with Crippen LogP contribution in [-0.4, -0.2) is 50.2 Å². The highest BCUT2D eigenvalue weighted by molar-refractivity contribution is 5.27. The minimum Gasteiger partial charge on any atom is -0.318 e. The quantitative estimate of drug-likeness (QED) is 0.828. The fraction of sp³-hybridized carbons (Fsp3) is 0.647. The summed E-state index contributed by atoms with van der Waals surface area (Å²) in [4.78, 5) is 2.58. The second-order valence-corrected chi connectivity index (χ2v) is 6.25. The van der Waals surface area contributed by atoms with E-state index in [2.05, 4.69) is 45.9 Å². The smallest absolute Gasteiger partial charge is 0.0145 e. The zero-order valence-corrected chi connectivity index (χ0v) is 12.5. The van der Waals surface area contributed by atoms with Crippen LogP contribution in [0.3, 0.4) is 0 Å². The van der Waals surface area contributed by atoms with Gasteiger partial charge in [0, 0.05) is 31.1 Å². The first-order chi connectivity index (χ1) is 9.86. The molecule has 0 amide bonds. The molecule has 3 heteroatoms. The summed E-state index contributed by atoms with van der Waals surface area (Å²) >= 11 is 0. The Balaban J connectivity index is 1.39. The van der Waals surface area contributed by atoms with Crippen molar-refractivity contribution in [3.63, 3.8) is 0 Å². The Morgan fingerprint density at radius 3 is 2.60 bits per heavy atom. The first kappa shape index (κ1) is 14.1. The number of nitrogens with zero attached hydrogens (tertiary/aromatic N) is 1. The summed E-state index contributed by atoms with van der Waals surface area (Å²) in [7, 11) is 2.03. The summed E-state index contributed by atoms with van der Waals surface area (Å²) in [5.74, 6) is 0.763. The third kappa shape index (κ3) is 3.60. The van der Waals surface area contributed by atoms with Gasteiger partial charge in [-0.3, -0.25) is 0 Å². The van der Waals surface area contributed by atoms with Crippen molar-refractivity contribution in [2.75, 3.05) is 33.2 Å². The highest BCUT2D eigenvalue weighted by atomic mass is 15.2. The van der Waals surface area contributed by atoms with E-state index in [1.54, 1.807) is 0 Å². The molecule has 0 spiro atoms. The lowest BCUT2D eigenvalue weighted by molar-refractivity contribution is 0.198. The Kier molecular flexibility index (Phi) is 4.71. The Hall–Kier alpha value is -0.900. The fourth-order valence-electron chi connectivity index (χ4n) is 3.34. The Labute approximate surface area is 122 Å². The van der Waals surface area contributed by atoms with Gasteiger partial charge in [0.1, 0.15) is 0 Å². The third-order valence-corrected chi connectivity index (χ3v) is 4.73. The molecule has 0 aromatic heterocycles. The molecule has 3 rings (SSSR count). The minimum atomic E-state index is 0.728. The molecule has 1 aliphatic carbocycles. The van der Waals surface area contributed by atoms with Crippen LogP contribution in [0.25, 0.3) is 0 Å². The molecule has 1 saturated heterocycles. The molecule has 1 aliphatic heterocycles. The monoisotopic (exact) mass is 273 g/mol. The normalized spacial score (nSPS) is 27.6. The largest absolute Gasteiger partial charge is 0.318 e. The van der Waals surface area contributed by atoms with Crippen LogP contribution in [0.2, 0.25) is 0 Å². The van der Waals surface area contributed by atoms with Crippen molar-refractivity contribution >= 4 is 0 Å². The van der Waals surface area contributed by atoms with E-state index in [1.165, 1.54) is 44.5 Å². The van der Waals surface area contributed by atoms with Crippen molar-refractivity contribution in [2.24, 2.45) is 0 Å². The van der Waals surface area contributed by atoms with E-state index >= 15 is 0 Å². The zero-order chi connectivity index (χ0) is 13.8. The van der Waals surface area contributed by atoms with Crippen molar-refractivity contribution in [1.82, 2.24) is 15.5 Å². The van der Waals surface area contributed by atoms with Gasteiger partial charge in [-0.2, -0.15) is 0 Å². The highest BCUT2D eigenvalue weighted by Crippen LogP contribution is 2.41. The van der Waals surface area contributed by atoms with Gasteiger partial charge in [0.2, 0.25) is 0 Å². The van der Waals surface area contributed by atoms with E-state index in [-0.39, 0.29) is 0 Å². The molecule has 3 nitrogen and oxygen atoms in total. The van der Waals surface area contributed by atoms with E-state index in [0.717, 1.165) is 24.5 Å². The van der Waals surface area contributed by atoms with E-state index in [1.807, 2.05) is 7.05 Å². The van der Waals surface area contributed by atoms with Gasteiger partial charge < -0.3 is 15.5 Å². The van der Waals surface area contributed by atoms with E-state index in [0.29, 0.717) is 0 Å². The maximum Gasteiger partial charge on any atom is 0.0145 e. The first-order valence-electron chi connectivity index (χ1n) is 8.05. The van der Waals surface area contributed by atoms with Crippen molar-refractivity contribution in [3.05, 3.63) is 35.9 Å². The summed E-state index contributed by atoms with van der Waals surface area (Å²) < 4.78 is 0. The molecule has 2 aliphatic rings. The molecule has 1 saturated carbocycles. The topological polar surface area (TPSA) is 27.3 Å². The second kappa shape index (κ2) is 6.70. The number of benzene rings is 1. The van der Waals surface area contributed by atoms with Crippen LogP contribution in [0.15, 0.2) is 30.3 Å². The summed E-state index contributed by atoms with van der Waals surface area (Å²) in [5.41, 5.74) is 1.51. The van der Waals surface area contributed by atoms with Gasteiger partial charge in [-0.05, 0) is 45.0 Å². The number of nitrogens with one attached hydrogen (secondary N) is 2. The first-order valence-corrected chi connectivity index (χ1v) is 8.05. The molecular formula is C17H27N3. The number of hydrogen-bond acceptors (Lipinski definition) is 3. The maximum absolute atomic E-state index is 3.88. The number of likely N-dealkylation sites (N-methyl/N-ethyl adjacent to an activating group) is 1. The predicted molar refractivity (Wildman–Crippen MR) is 84.1 cm³/mol. The predicted octanol–water partition coefficient (Wildman–Crippen LogP) is 1.82. The van der Waals surface area contributed by atoms with Crippen molar-refractivity contribution in [2.45, 2.75) is 37.3 Å². The van der Waals surface area contributed by atoms with Crippen LogP contribution >= 0.6 is 0 Å². The number of hydrogen-bond donors (Lipinski definition) is 2. The van der Waals surface area contributed by atoms with Gasteiger partial charge in [-0.15, -0.1) is 0 Å². The molecular weight excluding hydrogens is 246 g/mol. The molecule has 2 atom stereocenters. The molecule has 1 aromatic carbocycles. The van der Waals surface area contributed by atoms with Gasteiger partial charge in [0.15, 0.2) is 0 Å². The van der Waals surface area contributed by atoms with Gasteiger partial charge in [-0.25, -0.2) is 0 Å². The number of likely N-dealkylation sites (tertiary alicyclic amines) is 1. The highest BCUT2D eigenvalue weighted by Gasteiger charge is 2.39. The molecule has 0 unspecified atom stereocenters. The summed E-state index contributed by atoms with van der Waals surface area (Å²) in [6.45, 7) is 4.81. The summed E-state index contributed by atoms with van der Waals surface area (Å²) in [5, 5.41) is 7.11. The van der Waals surface area contributed by atoms with Gasteiger partial charge in [-0.1, -0.05) is 30.3 Å². The molecule has 110 valence electrons. The summed E-state index contributed by atoms with van der Waals surface area (Å²) in [6.07, 6.45) is 3.94. The lowest BCUT2D eigenvalue weighted by Gasteiger charge is -2.32. The second-order valence-electron chi connectivity index (χ2n) is 6.25. The Morgan fingerprint density at radius 2 is 1.90 bits per heavy atom. The molecule has 0 radical (unpaired) electrons. The van der Waals surface area contributed by atoms with Crippen molar-refractivity contribution < 1.29 is 0 Å². The minimum absolute atomic E-state index is 0.728.